The van der Waals surface area contributed by atoms with Crippen LogP contribution in [-0.2, 0) is 17.8 Å². The van der Waals surface area contributed by atoms with Crippen LogP contribution in [-0.4, -0.2) is 30.2 Å². The fourth-order valence-electron chi connectivity index (χ4n) is 3.23. The van der Waals surface area contributed by atoms with Gasteiger partial charge in [0.1, 0.15) is 5.75 Å². The molecule has 0 atom stereocenters. The van der Waals surface area contributed by atoms with Crippen LogP contribution in [0.4, 0.5) is 0 Å². The van der Waals surface area contributed by atoms with Crippen LogP contribution in [0.5, 0.6) is 17.2 Å². The van der Waals surface area contributed by atoms with Crippen molar-refractivity contribution < 1.29 is 19.0 Å². The lowest BCUT2D eigenvalue weighted by molar-refractivity contribution is -0.131. The lowest BCUT2D eigenvalue weighted by atomic mass is 10.1. The average molecular weight is 353 g/mol. The summed E-state index contributed by atoms with van der Waals surface area (Å²) in [6.45, 7) is 3.48. The number of hydrogen-bond donors (Lipinski definition) is 0. The van der Waals surface area contributed by atoms with E-state index in [-0.39, 0.29) is 12.7 Å². The Hall–Kier alpha value is -2.69. The van der Waals surface area contributed by atoms with Crippen LogP contribution in [0.15, 0.2) is 42.5 Å². The van der Waals surface area contributed by atoms with E-state index in [9.17, 15) is 4.79 Å². The fraction of sp³-hybridized carbons (Fsp3) is 0.381. The van der Waals surface area contributed by atoms with Crippen LogP contribution >= 0.6 is 0 Å². The molecule has 1 heterocycles. The highest BCUT2D eigenvalue weighted by Gasteiger charge is 2.32. The lowest BCUT2D eigenvalue weighted by Crippen LogP contribution is -2.33. The van der Waals surface area contributed by atoms with Crippen LogP contribution in [0, 0.1) is 0 Å². The molecule has 1 saturated carbocycles. The number of carbonyl (C=O) groups excluding carboxylic acids is 1. The van der Waals surface area contributed by atoms with E-state index in [1.807, 2.05) is 54.3 Å². The number of fused-ring (bicyclic) bond motifs is 1. The smallest absolute Gasteiger partial charge is 0.231 e. The van der Waals surface area contributed by atoms with Crippen molar-refractivity contribution in [1.29, 1.82) is 0 Å². The summed E-state index contributed by atoms with van der Waals surface area (Å²) in [7, 11) is 0. The second-order valence-corrected chi connectivity index (χ2v) is 6.70. The molecule has 5 nitrogen and oxygen atoms in total. The molecule has 26 heavy (non-hydrogen) atoms. The third-order valence-corrected chi connectivity index (χ3v) is 4.66. The first-order valence-electron chi connectivity index (χ1n) is 9.12. The number of rotatable bonds is 7. The minimum atomic E-state index is 0.146. The number of nitrogens with zero attached hydrogens (tertiary/aromatic N) is 1. The van der Waals surface area contributed by atoms with Gasteiger partial charge in [0.15, 0.2) is 11.5 Å². The Kier molecular flexibility index (Phi) is 4.69. The summed E-state index contributed by atoms with van der Waals surface area (Å²) in [5.74, 6) is 2.46. The number of ether oxygens (including phenoxy) is 3. The first-order valence-corrected chi connectivity index (χ1v) is 9.12. The van der Waals surface area contributed by atoms with Gasteiger partial charge >= 0.3 is 0 Å². The summed E-state index contributed by atoms with van der Waals surface area (Å²) in [6, 6.07) is 14.1. The van der Waals surface area contributed by atoms with E-state index >= 15 is 0 Å². The van der Waals surface area contributed by atoms with Crippen molar-refractivity contribution in [3.05, 3.63) is 53.6 Å². The Morgan fingerprint density at radius 2 is 1.96 bits per heavy atom. The lowest BCUT2D eigenvalue weighted by Gasteiger charge is -2.23. The van der Waals surface area contributed by atoms with E-state index in [1.54, 1.807) is 0 Å². The monoisotopic (exact) mass is 353 g/mol. The molecule has 136 valence electrons. The highest BCUT2D eigenvalue weighted by atomic mass is 16.7. The Bertz CT molecular complexity index is 800. The van der Waals surface area contributed by atoms with Crippen molar-refractivity contribution in [3.63, 3.8) is 0 Å². The van der Waals surface area contributed by atoms with Gasteiger partial charge in [0.2, 0.25) is 12.7 Å². The fourth-order valence-corrected chi connectivity index (χ4v) is 3.23. The van der Waals surface area contributed by atoms with Crippen molar-refractivity contribution in [3.8, 4) is 17.2 Å². The van der Waals surface area contributed by atoms with Gasteiger partial charge in [0.05, 0.1) is 13.0 Å². The maximum absolute atomic E-state index is 12.9. The van der Waals surface area contributed by atoms with Crippen molar-refractivity contribution in [2.24, 2.45) is 0 Å². The molecule has 4 rings (SSSR count). The van der Waals surface area contributed by atoms with Crippen LogP contribution in [0.1, 0.15) is 30.9 Å². The Labute approximate surface area is 153 Å². The summed E-state index contributed by atoms with van der Waals surface area (Å²) < 4.78 is 16.3. The highest BCUT2D eigenvalue weighted by molar-refractivity contribution is 5.79. The van der Waals surface area contributed by atoms with Gasteiger partial charge in [-0.1, -0.05) is 18.2 Å². The average Bonchev–Trinajstić information content (AvgIpc) is 3.37. The van der Waals surface area contributed by atoms with Gasteiger partial charge in [-0.2, -0.15) is 0 Å². The van der Waals surface area contributed by atoms with Crippen molar-refractivity contribution in [2.45, 2.75) is 38.8 Å². The van der Waals surface area contributed by atoms with Crippen molar-refractivity contribution in [2.75, 3.05) is 13.4 Å². The topological polar surface area (TPSA) is 48.0 Å². The first-order chi connectivity index (χ1) is 12.7. The summed E-state index contributed by atoms with van der Waals surface area (Å²) in [6.07, 6.45) is 2.54. The number of benzene rings is 2. The molecule has 0 spiro atoms. The molecule has 0 bridgehead atoms. The largest absolute Gasteiger partial charge is 0.494 e. The van der Waals surface area contributed by atoms with Gasteiger partial charge in [-0.25, -0.2) is 0 Å². The summed E-state index contributed by atoms with van der Waals surface area (Å²) >= 11 is 0. The third-order valence-electron chi connectivity index (χ3n) is 4.66. The van der Waals surface area contributed by atoms with Gasteiger partial charge in [-0.15, -0.1) is 0 Å². The normalized spacial score (nSPS) is 15.0. The van der Waals surface area contributed by atoms with E-state index in [0.717, 1.165) is 41.2 Å². The molecule has 0 aromatic heterocycles. The minimum Gasteiger partial charge on any atom is -0.494 e. The minimum absolute atomic E-state index is 0.146. The number of carbonyl (C=O) groups is 1. The maximum atomic E-state index is 12.9. The van der Waals surface area contributed by atoms with E-state index in [1.165, 1.54) is 0 Å². The molecular weight excluding hydrogens is 330 g/mol. The maximum Gasteiger partial charge on any atom is 0.231 e. The molecule has 1 aliphatic heterocycles. The Morgan fingerprint density at radius 3 is 2.77 bits per heavy atom. The first kappa shape index (κ1) is 16.8. The van der Waals surface area contributed by atoms with Crippen LogP contribution in [0.3, 0.4) is 0 Å². The Morgan fingerprint density at radius 1 is 1.12 bits per heavy atom. The molecule has 0 saturated heterocycles. The van der Waals surface area contributed by atoms with E-state index in [0.29, 0.717) is 25.6 Å². The predicted molar refractivity (Wildman–Crippen MR) is 97.5 cm³/mol. The second kappa shape index (κ2) is 7.28. The predicted octanol–water partition coefficient (Wildman–Crippen LogP) is 3.55. The molecule has 2 aliphatic rings. The zero-order valence-electron chi connectivity index (χ0n) is 14.9. The van der Waals surface area contributed by atoms with Crippen LogP contribution in [0.25, 0.3) is 0 Å². The molecule has 1 amide bonds. The van der Waals surface area contributed by atoms with Crippen LogP contribution < -0.4 is 14.2 Å². The van der Waals surface area contributed by atoms with E-state index in [2.05, 4.69) is 0 Å². The SMILES string of the molecule is CCOc1cccc(CN(C(=O)Cc2ccc3c(c2)OCO3)C2CC2)c1. The van der Waals surface area contributed by atoms with Gasteiger partial charge < -0.3 is 19.1 Å². The molecule has 1 fully saturated rings. The molecule has 2 aromatic carbocycles. The zero-order chi connectivity index (χ0) is 17.9. The highest BCUT2D eigenvalue weighted by Crippen LogP contribution is 2.34. The Balaban J connectivity index is 1.46. The molecular formula is C21H23NO4. The standard InChI is InChI=1S/C21H23NO4/c1-2-24-18-5-3-4-16(10-18)13-22(17-7-8-17)21(23)12-15-6-9-19-20(11-15)26-14-25-19/h3-6,9-11,17H,2,7-8,12-14H2,1H3. The molecule has 0 unspecified atom stereocenters. The summed E-state index contributed by atoms with van der Waals surface area (Å²) in [4.78, 5) is 14.9. The molecule has 5 heteroatoms. The van der Waals surface area contributed by atoms with Gasteiger partial charge in [0.25, 0.3) is 0 Å². The molecule has 1 aliphatic carbocycles. The molecule has 2 aromatic rings. The van der Waals surface area contributed by atoms with Gasteiger partial charge in [0, 0.05) is 12.6 Å². The van der Waals surface area contributed by atoms with E-state index in [4.69, 9.17) is 14.2 Å². The van der Waals surface area contributed by atoms with Crippen LogP contribution in [0.2, 0.25) is 0 Å². The third kappa shape index (κ3) is 3.77. The summed E-state index contributed by atoms with van der Waals surface area (Å²) in [5, 5.41) is 0. The van der Waals surface area contributed by atoms with Crippen molar-refractivity contribution in [1.82, 2.24) is 4.90 Å². The quantitative estimate of drug-likeness (QED) is 0.764. The number of hydrogen-bond acceptors (Lipinski definition) is 4. The second-order valence-electron chi connectivity index (χ2n) is 6.70. The summed E-state index contributed by atoms with van der Waals surface area (Å²) in [5.41, 5.74) is 2.05. The van der Waals surface area contributed by atoms with Gasteiger partial charge in [-0.3, -0.25) is 4.79 Å². The van der Waals surface area contributed by atoms with Crippen molar-refractivity contribution >= 4 is 5.91 Å². The zero-order valence-corrected chi connectivity index (χ0v) is 14.9. The molecule has 0 N–H and O–H groups in total. The van der Waals surface area contributed by atoms with E-state index < -0.39 is 0 Å². The molecule has 0 radical (unpaired) electrons. The van der Waals surface area contributed by atoms with Gasteiger partial charge in [-0.05, 0) is 55.2 Å². The number of amides is 1.